The number of nitrogens with one attached hydrogen (secondary N) is 1. The summed E-state index contributed by atoms with van der Waals surface area (Å²) in [6.07, 6.45) is 3.40. The van der Waals surface area contributed by atoms with Gasteiger partial charge >= 0.3 is 0 Å². The second-order valence-corrected chi connectivity index (χ2v) is 3.42. The fourth-order valence-electron chi connectivity index (χ4n) is 1.69. The van der Waals surface area contributed by atoms with E-state index in [0.717, 1.165) is 22.9 Å². The van der Waals surface area contributed by atoms with Crippen LogP contribution in [-0.2, 0) is 0 Å². The Hall–Kier alpha value is -1.57. The van der Waals surface area contributed by atoms with Crippen LogP contribution in [0.5, 0.6) is 0 Å². The smallest absolute Gasteiger partial charge is 0.163 e. The minimum atomic E-state index is 0.234. The molecule has 0 bridgehead atoms. The lowest BCUT2D eigenvalue weighted by Crippen LogP contribution is -1.98. The Bertz CT molecular complexity index is 456. The van der Waals surface area contributed by atoms with Crippen molar-refractivity contribution in [1.29, 1.82) is 0 Å². The third kappa shape index (κ3) is 1.43. The first-order chi connectivity index (χ1) is 6.83. The number of carbonyl (C=O) groups is 1. The second-order valence-electron chi connectivity index (χ2n) is 3.42. The molecule has 0 amide bonds. The zero-order chi connectivity index (χ0) is 9.97. The van der Waals surface area contributed by atoms with E-state index in [0.29, 0.717) is 6.42 Å². The molecule has 2 rings (SSSR count). The number of rotatable bonds is 3. The molecule has 1 aromatic heterocycles. The van der Waals surface area contributed by atoms with E-state index in [4.69, 9.17) is 0 Å². The number of aromatic amines is 1. The molecule has 0 aliphatic carbocycles. The molecule has 1 heterocycles. The van der Waals surface area contributed by atoms with Crippen molar-refractivity contribution in [3.63, 3.8) is 0 Å². The second kappa shape index (κ2) is 3.66. The molecule has 2 nitrogen and oxygen atoms in total. The van der Waals surface area contributed by atoms with Crippen LogP contribution in [0.2, 0.25) is 0 Å². The van der Waals surface area contributed by atoms with Gasteiger partial charge in [-0.1, -0.05) is 19.1 Å². The van der Waals surface area contributed by atoms with Gasteiger partial charge in [-0.15, -0.1) is 0 Å². The molecule has 2 aromatic rings. The third-order valence-corrected chi connectivity index (χ3v) is 2.37. The van der Waals surface area contributed by atoms with Gasteiger partial charge in [0.2, 0.25) is 0 Å². The Morgan fingerprint density at radius 1 is 1.36 bits per heavy atom. The molecule has 1 N–H and O–H groups in total. The quantitative estimate of drug-likeness (QED) is 0.735. The van der Waals surface area contributed by atoms with Crippen LogP contribution < -0.4 is 0 Å². The third-order valence-electron chi connectivity index (χ3n) is 2.37. The minimum absolute atomic E-state index is 0.234. The minimum Gasteiger partial charge on any atom is -0.361 e. The first-order valence-corrected chi connectivity index (χ1v) is 4.92. The summed E-state index contributed by atoms with van der Waals surface area (Å²) in [6.45, 7) is 2.02. The number of aromatic nitrogens is 1. The molecule has 0 saturated carbocycles. The molecule has 0 radical (unpaired) electrons. The molecule has 2 heteroatoms. The Morgan fingerprint density at radius 2 is 2.21 bits per heavy atom. The highest BCUT2D eigenvalue weighted by atomic mass is 16.1. The van der Waals surface area contributed by atoms with Crippen LogP contribution in [0.3, 0.4) is 0 Å². The molecule has 14 heavy (non-hydrogen) atoms. The molecule has 0 fully saturated rings. The molecule has 0 unspecified atom stereocenters. The number of Topliss-reactive ketones (excluding diaryl/α,β-unsaturated/α-hetero) is 1. The van der Waals surface area contributed by atoms with Crippen molar-refractivity contribution < 1.29 is 4.79 Å². The van der Waals surface area contributed by atoms with Crippen LogP contribution in [-0.4, -0.2) is 10.8 Å². The van der Waals surface area contributed by atoms with Crippen molar-refractivity contribution in [2.75, 3.05) is 0 Å². The number of ketones is 1. The summed E-state index contributed by atoms with van der Waals surface area (Å²) in [4.78, 5) is 14.8. The van der Waals surface area contributed by atoms with Gasteiger partial charge in [-0.3, -0.25) is 4.79 Å². The van der Waals surface area contributed by atoms with Crippen LogP contribution in [0.15, 0.2) is 30.5 Å². The Balaban J connectivity index is 2.50. The molecule has 0 aliphatic heterocycles. The lowest BCUT2D eigenvalue weighted by Gasteiger charge is -2.00. The van der Waals surface area contributed by atoms with Crippen LogP contribution >= 0.6 is 0 Å². The summed E-state index contributed by atoms with van der Waals surface area (Å²) < 4.78 is 0. The van der Waals surface area contributed by atoms with Gasteiger partial charge in [0.25, 0.3) is 0 Å². The number of hydrogen-bond acceptors (Lipinski definition) is 1. The molecular formula is C12H13NO. The average Bonchev–Trinajstić information content (AvgIpc) is 2.65. The van der Waals surface area contributed by atoms with Gasteiger partial charge in [0.15, 0.2) is 5.78 Å². The van der Waals surface area contributed by atoms with E-state index in [9.17, 15) is 4.79 Å². The largest absolute Gasteiger partial charge is 0.361 e. The van der Waals surface area contributed by atoms with Crippen LogP contribution in [0.4, 0.5) is 0 Å². The highest BCUT2D eigenvalue weighted by Crippen LogP contribution is 2.19. The van der Waals surface area contributed by atoms with Gasteiger partial charge < -0.3 is 4.98 Å². The lowest BCUT2D eigenvalue weighted by molar-refractivity contribution is 0.0983. The highest BCUT2D eigenvalue weighted by Gasteiger charge is 2.08. The highest BCUT2D eigenvalue weighted by molar-refractivity contribution is 6.07. The van der Waals surface area contributed by atoms with Crippen LogP contribution in [0, 0.1) is 0 Å². The van der Waals surface area contributed by atoms with Gasteiger partial charge in [-0.05, 0) is 18.6 Å². The topological polar surface area (TPSA) is 32.9 Å². The van der Waals surface area contributed by atoms with Crippen LogP contribution in [0.25, 0.3) is 10.9 Å². The predicted octanol–water partition coefficient (Wildman–Crippen LogP) is 3.15. The van der Waals surface area contributed by atoms with E-state index in [1.165, 1.54) is 0 Å². The summed E-state index contributed by atoms with van der Waals surface area (Å²) in [5.74, 6) is 0.234. The molecule has 0 atom stereocenters. The normalized spacial score (nSPS) is 10.6. The van der Waals surface area contributed by atoms with E-state index in [2.05, 4.69) is 4.98 Å². The Morgan fingerprint density at radius 3 is 3.00 bits per heavy atom. The van der Waals surface area contributed by atoms with Crippen molar-refractivity contribution >= 4 is 16.7 Å². The first-order valence-electron chi connectivity index (χ1n) is 4.92. The Kier molecular flexibility index (Phi) is 2.35. The molecule has 1 aromatic carbocycles. The fourth-order valence-corrected chi connectivity index (χ4v) is 1.69. The summed E-state index contributed by atoms with van der Waals surface area (Å²) >= 11 is 0. The van der Waals surface area contributed by atoms with Gasteiger partial charge in [0.1, 0.15) is 0 Å². The van der Waals surface area contributed by atoms with E-state index in [1.807, 2.05) is 37.4 Å². The van der Waals surface area contributed by atoms with E-state index in [-0.39, 0.29) is 5.78 Å². The first kappa shape index (κ1) is 9.00. The number of hydrogen-bond donors (Lipinski definition) is 1. The van der Waals surface area contributed by atoms with Gasteiger partial charge in [-0.25, -0.2) is 0 Å². The predicted molar refractivity (Wildman–Crippen MR) is 57.5 cm³/mol. The van der Waals surface area contributed by atoms with Crippen molar-refractivity contribution in [1.82, 2.24) is 4.98 Å². The van der Waals surface area contributed by atoms with Gasteiger partial charge in [0.05, 0.1) is 0 Å². The monoisotopic (exact) mass is 187 g/mol. The Labute approximate surface area is 82.9 Å². The zero-order valence-electron chi connectivity index (χ0n) is 8.21. The van der Waals surface area contributed by atoms with Crippen molar-refractivity contribution in [3.8, 4) is 0 Å². The maximum absolute atomic E-state index is 11.7. The number of H-pyrrole nitrogens is 1. The summed E-state index contributed by atoms with van der Waals surface area (Å²) in [6, 6.07) is 7.76. The molecule has 72 valence electrons. The molecule has 0 spiro atoms. The number of carbonyl (C=O) groups excluding carboxylic acids is 1. The lowest BCUT2D eigenvalue weighted by atomic mass is 10.0. The summed E-state index contributed by atoms with van der Waals surface area (Å²) in [5.41, 5.74) is 1.87. The van der Waals surface area contributed by atoms with Gasteiger partial charge in [-0.2, -0.15) is 0 Å². The van der Waals surface area contributed by atoms with E-state index in [1.54, 1.807) is 0 Å². The zero-order valence-corrected chi connectivity index (χ0v) is 8.21. The standard InChI is InChI=1S/C12H13NO/c1-2-4-12(14)10-5-3-6-11-9(10)7-8-13-11/h3,5-8,13H,2,4H2,1H3. The molecule has 0 saturated heterocycles. The summed E-state index contributed by atoms with van der Waals surface area (Å²) in [5, 5.41) is 1.03. The molecular weight excluding hydrogens is 174 g/mol. The van der Waals surface area contributed by atoms with Crippen LogP contribution in [0.1, 0.15) is 30.1 Å². The van der Waals surface area contributed by atoms with Gasteiger partial charge in [0, 0.05) is 29.1 Å². The summed E-state index contributed by atoms with van der Waals surface area (Å²) in [7, 11) is 0. The van der Waals surface area contributed by atoms with Crippen molar-refractivity contribution in [3.05, 3.63) is 36.0 Å². The molecule has 0 aliphatic rings. The maximum atomic E-state index is 11.7. The van der Waals surface area contributed by atoms with E-state index < -0.39 is 0 Å². The maximum Gasteiger partial charge on any atom is 0.163 e. The number of benzene rings is 1. The van der Waals surface area contributed by atoms with Crippen molar-refractivity contribution in [2.24, 2.45) is 0 Å². The van der Waals surface area contributed by atoms with Crippen molar-refractivity contribution in [2.45, 2.75) is 19.8 Å². The SMILES string of the molecule is CCCC(=O)c1cccc2[nH]ccc12. The fraction of sp³-hybridized carbons (Fsp3) is 0.250. The number of fused-ring (bicyclic) bond motifs is 1. The van der Waals surface area contributed by atoms with E-state index >= 15 is 0 Å². The average molecular weight is 187 g/mol.